The number of rotatable bonds is 0. The molecule has 0 aromatic carbocycles. The molecule has 0 unspecified atom stereocenters. The molecular formula is C8H14S. The van der Waals surface area contributed by atoms with Crippen molar-refractivity contribution in [2.75, 3.05) is 0 Å². The van der Waals surface area contributed by atoms with Crippen LogP contribution < -0.4 is 0 Å². The van der Waals surface area contributed by atoms with Gasteiger partial charge in [0.2, 0.25) is 0 Å². The smallest absolute Gasteiger partial charge is 0.00641 e. The summed E-state index contributed by atoms with van der Waals surface area (Å²) >= 11 is 1.74. The summed E-state index contributed by atoms with van der Waals surface area (Å²) in [5.74, 6) is 0. The van der Waals surface area contributed by atoms with Gasteiger partial charge in [0.05, 0.1) is 0 Å². The largest absolute Gasteiger partial charge is 0.152 e. The van der Waals surface area contributed by atoms with Crippen molar-refractivity contribution in [3.63, 3.8) is 0 Å². The Morgan fingerprint density at radius 2 is 2.00 bits per heavy atom. The van der Waals surface area contributed by atoms with E-state index in [4.69, 9.17) is 0 Å². The van der Waals surface area contributed by atoms with Crippen molar-refractivity contribution in [2.45, 2.75) is 27.2 Å². The van der Waals surface area contributed by atoms with Crippen molar-refractivity contribution in [3.05, 3.63) is 22.4 Å². The summed E-state index contributed by atoms with van der Waals surface area (Å²) in [6, 6.07) is 2.10. The van der Waals surface area contributed by atoms with Gasteiger partial charge in [0, 0.05) is 0 Å². The zero-order valence-corrected chi connectivity index (χ0v) is 7.16. The number of aryl methyl sites for hydroxylation is 1. The lowest BCUT2D eigenvalue weighted by Crippen LogP contribution is -1.47. The van der Waals surface area contributed by atoms with Crippen LogP contribution in [0.2, 0.25) is 0 Å². The second-order valence-electron chi connectivity index (χ2n) is 2.01. The van der Waals surface area contributed by atoms with Gasteiger partial charge in [-0.3, -0.25) is 0 Å². The first kappa shape index (κ1) is 8.70. The molecule has 1 heteroatoms. The molecule has 0 bridgehead atoms. The number of hydrogen-bond acceptors (Lipinski definition) is 1. The molecule has 0 nitrogen and oxygen atoms in total. The molecule has 0 atom stereocenters. The summed E-state index contributed by atoms with van der Waals surface area (Å²) in [5.41, 5.74) is 1.36. The zero-order valence-electron chi connectivity index (χ0n) is 6.35. The molecule has 0 amide bonds. The fraction of sp³-hybridized carbons (Fsp3) is 0.500. The molecule has 0 spiro atoms. The van der Waals surface area contributed by atoms with Gasteiger partial charge in [-0.1, -0.05) is 20.3 Å². The third-order valence-corrected chi connectivity index (χ3v) is 1.46. The van der Waals surface area contributed by atoms with Crippen molar-refractivity contribution < 1.29 is 0 Å². The molecule has 0 aliphatic heterocycles. The van der Waals surface area contributed by atoms with Gasteiger partial charge in [-0.15, -0.1) is 0 Å². The van der Waals surface area contributed by atoms with Crippen LogP contribution in [0.15, 0.2) is 16.8 Å². The molecule has 0 fully saturated rings. The second kappa shape index (κ2) is 5.83. The lowest BCUT2D eigenvalue weighted by molar-refractivity contribution is 1.09. The van der Waals surface area contributed by atoms with E-state index in [0.717, 1.165) is 0 Å². The molecule has 9 heavy (non-hydrogen) atoms. The predicted octanol–water partition coefficient (Wildman–Crippen LogP) is 3.47. The van der Waals surface area contributed by atoms with Crippen molar-refractivity contribution in [1.29, 1.82) is 0 Å². The molecule has 1 aromatic rings. The fourth-order valence-electron chi connectivity index (χ4n) is 0.333. The third kappa shape index (κ3) is 5.57. The first-order valence-corrected chi connectivity index (χ1v) is 4.24. The normalized spacial score (nSPS) is 7.89. The average molecular weight is 142 g/mol. The molecule has 0 aliphatic rings. The lowest BCUT2D eigenvalue weighted by atomic mass is 10.4. The van der Waals surface area contributed by atoms with Crippen LogP contribution in [0.5, 0.6) is 0 Å². The minimum Gasteiger partial charge on any atom is -0.152 e. The highest BCUT2D eigenvalue weighted by Crippen LogP contribution is 2.01. The topological polar surface area (TPSA) is 0 Å². The minimum absolute atomic E-state index is 1.25. The number of thiophene rings is 1. The Kier molecular flexibility index (Phi) is 5.64. The highest BCUT2D eigenvalue weighted by Gasteiger charge is 1.74. The Hall–Kier alpha value is -0.300. The maximum Gasteiger partial charge on any atom is -0.00641 e. The molecule has 0 radical (unpaired) electrons. The van der Waals surface area contributed by atoms with Gasteiger partial charge in [-0.2, -0.15) is 11.3 Å². The highest BCUT2D eigenvalue weighted by molar-refractivity contribution is 7.07. The Labute approximate surface area is 61.5 Å². The Balaban J connectivity index is 0.000000187. The van der Waals surface area contributed by atoms with Crippen LogP contribution in [0.1, 0.15) is 25.8 Å². The van der Waals surface area contributed by atoms with Crippen LogP contribution in [0.25, 0.3) is 0 Å². The first-order chi connectivity index (χ1) is 4.31. The maximum atomic E-state index is 2.12. The van der Waals surface area contributed by atoms with Crippen molar-refractivity contribution >= 4 is 11.3 Å². The Bertz CT molecular complexity index is 119. The van der Waals surface area contributed by atoms with Gasteiger partial charge in [0.25, 0.3) is 0 Å². The van der Waals surface area contributed by atoms with E-state index in [-0.39, 0.29) is 0 Å². The monoisotopic (exact) mass is 142 g/mol. The van der Waals surface area contributed by atoms with Crippen molar-refractivity contribution in [1.82, 2.24) is 0 Å². The van der Waals surface area contributed by atoms with E-state index in [2.05, 4.69) is 37.6 Å². The summed E-state index contributed by atoms with van der Waals surface area (Å²) in [5, 5.41) is 4.20. The van der Waals surface area contributed by atoms with E-state index in [1.165, 1.54) is 12.0 Å². The highest BCUT2D eigenvalue weighted by atomic mass is 32.1. The summed E-state index contributed by atoms with van der Waals surface area (Å²) in [7, 11) is 0. The van der Waals surface area contributed by atoms with Gasteiger partial charge in [-0.25, -0.2) is 0 Å². The lowest BCUT2D eigenvalue weighted by Gasteiger charge is -1.65. The molecule has 1 aromatic heterocycles. The quantitative estimate of drug-likeness (QED) is 0.520. The zero-order chi connectivity index (χ0) is 7.11. The van der Waals surface area contributed by atoms with Crippen LogP contribution in [0.3, 0.4) is 0 Å². The van der Waals surface area contributed by atoms with Crippen molar-refractivity contribution in [3.8, 4) is 0 Å². The minimum atomic E-state index is 1.25. The molecule has 1 heterocycles. The summed E-state index contributed by atoms with van der Waals surface area (Å²) in [4.78, 5) is 0. The molecule has 1 rings (SSSR count). The summed E-state index contributed by atoms with van der Waals surface area (Å²) in [6.07, 6.45) is 1.25. The predicted molar refractivity (Wildman–Crippen MR) is 45.0 cm³/mol. The van der Waals surface area contributed by atoms with Crippen LogP contribution in [0, 0.1) is 6.92 Å². The van der Waals surface area contributed by atoms with E-state index in [0.29, 0.717) is 0 Å². The molecule has 0 N–H and O–H groups in total. The van der Waals surface area contributed by atoms with Gasteiger partial charge >= 0.3 is 0 Å². The van der Waals surface area contributed by atoms with Gasteiger partial charge in [0.1, 0.15) is 0 Å². The van der Waals surface area contributed by atoms with Crippen LogP contribution in [0.4, 0.5) is 0 Å². The average Bonchev–Trinajstić information content (AvgIpc) is 2.20. The van der Waals surface area contributed by atoms with Gasteiger partial charge in [-0.05, 0) is 29.3 Å². The summed E-state index contributed by atoms with van der Waals surface area (Å²) in [6.45, 7) is 6.34. The Morgan fingerprint density at radius 1 is 1.44 bits per heavy atom. The molecule has 0 saturated carbocycles. The summed E-state index contributed by atoms with van der Waals surface area (Å²) < 4.78 is 0. The van der Waals surface area contributed by atoms with Crippen LogP contribution in [-0.4, -0.2) is 0 Å². The standard InChI is InChI=1S/C5H6S.C3H8/c1-5-2-3-6-4-5;1-3-2/h2-4H,1H3;3H2,1-2H3. The Morgan fingerprint density at radius 3 is 2.11 bits per heavy atom. The maximum absolute atomic E-state index is 2.12. The van der Waals surface area contributed by atoms with Crippen molar-refractivity contribution in [2.24, 2.45) is 0 Å². The number of hydrogen-bond donors (Lipinski definition) is 0. The van der Waals surface area contributed by atoms with Crippen LogP contribution in [-0.2, 0) is 0 Å². The van der Waals surface area contributed by atoms with Gasteiger partial charge in [0.15, 0.2) is 0 Å². The van der Waals surface area contributed by atoms with E-state index < -0.39 is 0 Å². The first-order valence-electron chi connectivity index (χ1n) is 3.30. The third-order valence-electron chi connectivity index (χ3n) is 0.663. The second-order valence-corrected chi connectivity index (χ2v) is 2.79. The SMILES string of the molecule is CCC.Cc1ccsc1. The van der Waals surface area contributed by atoms with E-state index in [1.54, 1.807) is 11.3 Å². The molecule has 52 valence electrons. The fourth-order valence-corrected chi connectivity index (χ4v) is 0.998. The van der Waals surface area contributed by atoms with E-state index >= 15 is 0 Å². The van der Waals surface area contributed by atoms with Gasteiger partial charge < -0.3 is 0 Å². The molecule has 0 saturated heterocycles. The van der Waals surface area contributed by atoms with Crippen LogP contribution >= 0.6 is 11.3 Å². The molecule has 0 aliphatic carbocycles. The van der Waals surface area contributed by atoms with E-state index in [9.17, 15) is 0 Å². The molecular weight excluding hydrogens is 128 g/mol. The van der Waals surface area contributed by atoms with E-state index in [1.807, 2.05) is 0 Å².